The van der Waals surface area contributed by atoms with E-state index in [1.165, 1.54) is 0 Å². The van der Waals surface area contributed by atoms with E-state index in [2.05, 4.69) is 22.1 Å². The van der Waals surface area contributed by atoms with Crippen LogP contribution in [-0.4, -0.2) is 38.0 Å². The maximum Gasteiger partial charge on any atom is 0.102 e. The van der Waals surface area contributed by atoms with Gasteiger partial charge < -0.3 is 9.80 Å². The Morgan fingerprint density at radius 1 is 1.16 bits per heavy atom. The number of hydrogen-bond acceptors (Lipinski definition) is 4. The summed E-state index contributed by atoms with van der Waals surface area (Å²) in [5, 5.41) is 13.1. The van der Waals surface area contributed by atoms with Crippen molar-refractivity contribution in [2.75, 3.05) is 38.0 Å². The standard InChI is InChI=1S/C14H17N5/c1-17(2)12-5-6-13(14(7-12)18(3)4)19-10-11(8-15)9-16-19/h5-7,9-10H,1-4H3. The van der Waals surface area contributed by atoms with Crippen LogP contribution in [0.3, 0.4) is 0 Å². The summed E-state index contributed by atoms with van der Waals surface area (Å²) in [5.74, 6) is 0. The highest BCUT2D eigenvalue weighted by molar-refractivity contribution is 5.69. The summed E-state index contributed by atoms with van der Waals surface area (Å²) in [5.41, 5.74) is 3.69. The highest BCUT2D eigenvalue weighted by Gasteiger charge is 2.10. The van der Waals surface area contributed by atoms with Crippen molar-refractivity contribution in [3.63, 3.8) is 0 Å². The molecule has 0 saturated heterocycles. The van der Waals surface area contributed by atoms with Gasteiger partial charge in [0.1, 0.15) is 6.07 Å². The predicted octanol–water partition coefficient (Wildman–Crippen LogP) is 1.88. The third-order valence-corrected chi connectivity index (χ3v) is 2.92. The van der Waals surface area contributed by atoms with E-state index < -0.39 is 0 Å². The van der Waals surface area contributed by atoms with Crippen LogP contribution in [0, 0.1) is 11.3 Å². The summed E-state index contributed by atoms with van der Waals surface area (Å²) >= 11 is 0. The smallest absolute Gasteiger partial charge is 0.102 e. The monoisotopic (exact) mass is 255 g/mol. The van der Waals surface area contributed by atoms with E-state index in [9.17, 15) is 0 Å². The third-order valence-electron chi connectivity index (χ3n) is 2.92. The van der Waals surface area contributed by atoms with Gasteiger partial charge in [-0.15, -0.1) is 0 Å². The molecule has 0 unspecified atom stereocenters. The maximum absolute atomic E-state index is 8.87. The molecule has 19 heavy (non-hydrogen) atoms. The second kappa shape index (κ2) is 5.02. The Bertz CT molecular complexity index is 619. The zero-order valence-electron chi connectivity index (χ0n) is 11.6. The minimum Gasteiger partial charge on any atom is -0.378 e. The Hall–Kier alpha value is -2.48. The molecule has 0 amide bonds. The largest absolute Gasteiger partial charge is 0.378 e. The van der Waals surface area contributed by atoms with Gasteiger partial charge in [-0.2, -0.15) is 10.4 Å². The van der Waals surface area contributed by atoms with Crippen LogP contribution in [0.25, 0.3) is 5.69 Å². The van der Waals surface area contributed by atoms with Crippen LogP contribution in [0.15, 0.2) is 30.6 Å². The molecule has 0 radical (unpaired) electrons. The van der Waals surface area contributed by atoms with Crippen LogP contribution in [0.5, 0.6) is 0 Å². The van der Waals surface area contributed by atoms with Gasteiger partial charge in [0.2, 0.25) is 0 Å². The zero-order valence-corrected chi connectivity index (χ0v) is 11.6. The van der Waals surface area contributed by atoms with Crippen molar-refractivity contribution in [2.24, 2.45) is 0 Å². The van der Waals surface area contributed by atoms with Crippen LogP contribution < -0.4 is 9.80 Å². The molecular formula is C14H17N5. The predicted molar refractivity (Wildman–Crippen MR) is 76.9 cm³/mol. The molecule has 0 saturated carbocycles. The van der Waals surface area contributed by atoms with E-state index in [4.69, 9.17) is 5.26 Å². The van der Waals surface area contributed by atoms with Gasteiger partial charge in [0.25, 0.3) is 0 Å². The Balaban J connectivity index is 2.53. The molecule has 0 N–H and O–H groups in total. The van der Waals surface area contributed by atoms with Gasteiger partial charge in [0.05, 0.1) is 23.1 Å². The zero-order chi connectivity index (χ0) is 14.0. The van der Waals surface area contributed by atoms with Crippen LogP contribution in [0.4, 0.5) is 11.4 Å². The minimum absolute atomic E-state index is 0.557. The van der Waals surface area contributed by atoms with Crippen molar-refractivity contribution in [2.45, 2.75) is 0 Å². The Morgan fingerprint density at radius 3 is 2.42 bits per heavy atom. The minimum atomic E-state index is 0.557. The Labute approximate surface area is 113 Å². The topological polar surface area (TPSA) is 48.1 Å². The molecule has 98 valence electrons. The van der Waals surface area contributed by atoms with Crippen LogP contribution in [-0.2, 0) is 0 Å². The molecule has 5 heteroatoms. The van der Waals surface area contributed by atoms with Crippen molar-refractivity contribution in [3.8, 4) is 11.8 Å². The highest BCUT2D eigenvalue weighted by Crippen LogP contribution is 2.27. The lowest BCUT2D eigenvalue weighted by Crippen LogP contribution is -2.15. The molecule has 0 atom stereocenters. The number of aromatic nitrogens is 2. The Morgan fingerprint density at radius 2 is 1.89 bits per heavy atom. The first-order chi connectivity index (χ1) is 9.02. The number of nitriles is 1. The molecule has 2 rings (SSSR count). The number of hydrogen-bond donors (Lipinski definition) is 0. The first-order valence-electron chi connectivity index (χ1n) is 5.97. The summed E-state index contributed by atoms with van der Waals surface area (Å²) in [6, 6.07) is 8.24. The molecule has 0 aliphatic heterocycles. The van der Waals surface area contributed by atoms with Gasteiger partial charge in [-0.05, 0) is 18.2 Å². The molecular weight excluding hydrogens is 238 g/mol. The summed E-state index contributed by atoms with van der Waals surface area (Å²) in [6.07, 6.45) is 3.30. The summed E-state index contributed by atoms with van der Waals surface area (Å²) < 4.78 is 1.73. The average molecular weight is 255 g/mol. The summed E-state index contributed by atoms with van der Waals surface area (Å²) in [4.78, 5) is 4.09. The van der Waals surface area contributed by atoms with E-state index in [1.54, 1.807) is 17.1 Å². The van der Waals surface area contributed by atoms with Gasteiger partial charge >= 0.3 is 0 Å². The van der Waals surface area contributed by atoms with Gasteiger partial charge in [-0.25, -0.2) is 4.68 Å². The number of rotatable bonds is 3. The van der Waals surface area contributed by atoms with Crippen molar-refractivity contribution in [1.82, 2.24) is 9.78 Å². The molecule has 0 aliphatic rings. The number of anilines is 2. The summed E-state index contributed by atoms with van der Waals surface area (Å²) in [6.45, 7) is 0. The number of benzene rings is 1. The van der Waals surface area contributed by atoms with E-state index in [1.807, 2.05) is 45.2 Å². The second-order valence-electron chi connectivity index (χ2n) is 4.75. The lowest BCUT2D eigenvalue weighted by Gasteiger charge is -2.21. The van der Waals surface area contributed by atoms with Gasteiger partial charge in [-0.3, -0.25) is 0 Å². The average Bonchev–Trinajstić information content (AvgIpc) is 2.86. The third kappa shape index (κ3) is 2.52. The van der Waals surface area contributed by atoms with Crippen molar-refractivity contribution >= 4 is 11.4 Å². The van der Waals surface area contributed by atoms with Gasteiger partial charge in [-0.1, -0.05) is 0 Å². The normalized spacial score (nSPS) is 10.1. The molecule has 1 aromatic carbocycles. The molecule has 2 aromatic rings. The first kappa shape index (κ1) is 13.0. The van der Waals surface area contributed by atoms with E-state index in [0.717, 1.165) is 17.1 Å². The molecule has 0 aliphatic carbocycles. The summed E-state index contributed by atoms with van der Waals surface area (Å²) in [7, 11) is 8.01. The van der Waals surface area contributed by atoms with Crippen molar-refractivity contribution in [1.29, 1.82) is 5.26 Å². The van der Waals surface area contributed by atoms with Gasteiger partial charge in [0.15, 0.2) is 0 Å². The lowest BCUT2D eigenvalue weighted by atomic mass is 10.2. The fraction of sp³-hybridized carbons (Fsp3) is 0.286. The highest BCUT2D eigenvalue weighted by atomic mass is 15.3. The van der Waals surface area contributed by atoms with E-state index >= 15 is 0 Å². The quantitative estimate of drug-likeness (QED) is 0.840. The van der Waals surface area contributed by atoms with E-state index in [0.29, 0.717) is 5.56 Å². The molecule has 0 spiro atoms. The fourth-order valence-electron chi connectivity index (χ4n) is 1.85. The second-order valence-corrected chi connectivity index (χ2v) is 4.75. The molecule has 0 fully saturated rings. The van der Waals surface area contributed by atoms with Crippen LogP contribution >= 0.6 is 0 Å². The van der Waals surface area contributed by atoms with E-state index in [-0.39, 0.29) is 0 Å². The van der Waals surface area contributed by atoms with Crippen molar-refractivity contribution < 1.29 is 0 Å². The number of nitrogens with zero attached hydrogens (tertiary/aromatic N) is 5. The molecule has 5 nitrogen and oxygen atoms in total. The molecule has 1 heterocycles. The maximum atomic E-state index is 8.87. The van der Waals surface area contributed by atoms with Gasteiger partial charge in [0, 0.05) is 40.1 Å². The SMILES string of the molecule is CN(C)c1ccc(-n2cc(C#N)cn2)c(N(C)C)c1. The van der Waals surface area contributed by atoms with Crippen LogP contribution in [0.2, 0.25) is 0 Å². The fourth-order valence-corrected chi connectivity index (χ4v) is 1.85. The lowest BCUT2D eigenvalue weighted by molar-refractivity contribution is 0.873. The molecule has 0 bridgehead atoms. The van der Waals surface area contributed by atoms with Crippen LogP contribution in [0.1, 0.15) is 5.56 Å². The van der Waals surface area contributed by atoms with Crippen molar-refractivity contribution in [3.05, 3.63) is 36.2 Å². The molecule has 1 aromatic heterocycles. The Kier molecular flexibility index (Phi) is 3.43. The first-order valence-corrected chi connectivity index (χ1v) is 5.97.